The van der Waals surface area contributed by atoms with Gasteiger partial charge < -0.3 is 24.2 Å². The Morgan fingerprint density at radius 2 is 2.41 bits per heavy atom. The SMILES string of the molecule is O=C(O)c1occc1Cn1cnc([N+](=O)[O-])c1. The third-order valence-corrected chi connectivity index (χ3v) is 2.10. The van der Waals surface area contributed by atoms with Gasteiger partial charge in [0.05, 0.1) is 12.8 Å². The van der Waals surface area contributed by atoms with Crippen LogP contribution in [0.1, 0.15) is 16.1 Å². The Hall–Kier alpha value is -2.64. The fraction of sp³-hybridized carbons (Fsp3) is 0.111. The van der Waals surface area contributed by atoms with Crippen molar-refractivity contribution in [1.29, 1.82) is 0 Å². The number of aromatic nitrogens is 2. The molecule has 0 spiro atoms. The summed E-state index contributed by atoms with van der Waals surface area (Å²) >= 11 is 0. The van der Waals surface area contributed by atoms with E-state index in [2.05, 4.69) is 4.98 Å². The lowest BCUT2D eigenvalue weighted by Gasteiger charge is -1.98. The second-order valence-electron chi connectivity index (χ2n) is 3.24. The predicted molar refractivity (Wildman–Crippen MR) is 53.7 cm³/mol. The van der Waals surface area contributed by atoms with E-state index in [4.69, 9.17) is 9.52 Å². The highest BCUT2D eigenvalue weighted by atomic mass is 16.6. The Kier molecular flexibility index (Phi) is 2.61. The first-order valence-corrected chi connectivity index (χ1v) is 4.53. The molecule has 2 aromatic rings. The lowest BCUT2D eigenvalue weighted by atomic mass is 10.2. The lowest BCUT2D eigenvalue weighted by molar-refractivity contribution is -0.389. The number of carboxylic acid groups (broad SMARTS) is 1. The molecule has 0 aliphatic heterocycles. The maximum absolute atomic E-state index is 10.8. The fourth-order valence-corrected chi connectivity index (χ4v) is 1.37. The average Bonchev–Trinajstić information content (AvgIpc) is 2.86. The summed E-state index contributed by atoms with van der Waals surface area (Å²) < 4.78 is 6.20. The van der Waals surface area contributed by atoms with Crippen LogP contribution < -0.4 is 0 Å². The Bertz CT molecular complexity index is 571. The monoisotopic (exact) mass is 237 g/mol. The Labute approximate surface area is 94.3 Å². The third-order valence-electron chi connectivity index (χ3n) is 2.10. The van der Waals surface area contributed by atoms with E-state index < -0.39 is 10.9 Å². The number of rotatable bonds is 4. The van der Waals surface area contributed by atoms with Gasteiger partial charge in [0.1, 0.15) is 6.20 Å². The van der Waals surface area contributed by atoms with Crippen molar-refractivity contribution in [2.24, 2.45) is 0 Å². The molecule has 0 atom stereocenters. The highest BCUT2D eigenvalue weighted by molar-refractivity contribution is 5.86. The molecule has 0 aromatic carbocycles. The number of hydrogen-bond acceptors (Lipinski definition) is 5. The zero-order valence-electron chi connectivity index (χ0n) is 8.44. The van der Waals surface area contributed by atoms with Crippen molar-refractivity contribution in [3.63, 3.8) is 0 Å². The number of nitro groups is 1. The number of aromatic carboxylic acids is 1. The molecule has 1 N–H and O–H groups in total. The summed E-state index contributed by atoms with van der Waals surface area (Å²) in [6.45, 7) is 0.152. The van der Waals surface area contributed by atoms with Gasteiger partial charge in [-0.05, 0) is 16.0 Å². The topological polar surface area (TPSA) is 111 Å². The van der Waals surface area contributed by atoms with Crippen molar-refractivity contribution in [3.8, 4) is 0 Å². The van der Waals surface area contributed by atoms with Gasteiger partial charge in [0, 0.05) is 5.56 Å². The van der Waals surface area contributed by atoms with Crippen molar-refractivity contribution in [1.82, 2.24) is 9.55 Å². The van der Waals surface area contributed by atoms with Gasteiger partial charge in [-0.25, -0.2) is 4.79 Å². The minimum atomic E-state index is -1.18. The smallest absolute Gasteiger partial charge is 0.381 e. The standard InChI is InChI=1S/C9H7N3O5/c13-9(14)8-6(1-2-17-8)3-11-4-7(10-5-11)12(15)16/h1-2,4-5H,3H2,(H,13,14). The molecular weight excluding hydrogens is 230 g/mol. The van der Waals surface area contributed by atoms with E-state index in [-0.39, 0.29) is 18.1 Å². The summed E-state index contributed by atoms with van der Waals surface area (Å²) in [5.41, 5.74) is 0.421. The Morgan fingerprint density at radius 1 is 1.65 bits per heavy atom. The fourth-order valence-electron chi connectivity index (χ4n) is 1.37. The molecule has 0 aliphatic carbocycles. The average molecular weight is 237 g/mol. The molecule has 0 aliphatic rings. The molecule has 88 valence electrons. The molecule has 2 heterocycles. The highest BCUT2D eigenvalue weighted by Crippen LogP contribution is 2.14. The molecule has 2 rings (SSSR count). The Morgan fingerprint density at radius 3 is 3.00 bits per heavy atom. The van der Waals surface area contributed by atoms with Crippen LogP contribution in [-0.4, -0.2) is 25.6 Å². The van der Waals surface area contributed by atoms with Crippen molar-refractivity contribution >= 4 is 11.8 Å². The highest BCUT2D eigenvalue weighted by Gasteiger charge is 2.16. The number of nitrogens with zero attached hydrogens (tertiary/aromatic N) is 3. The molecule has 17 heavy (non-hydrogen) atoms. The molecule has 0 radical (unpaired) electrons. The van der Waals surface area contributed by atoms with Gasteiger partial charge in [-0.3, -0.25) is 0 Å². The van der Waals surface area contributed by atoms with Crippen LogP contribution in [0.5, 0.6) is 0 Å². The second kappa shape index (κ2) is 4.08. The van der Waals surface area contributed by atoms with Crippen molar-refractivity contribution in [2.75, 3.05) is 0 Å². The Balaban J connectivity index is 2.22. The van der Waals surface area contributed by atoms with Crippen molar-refractivity contribution < 1.29 is 19.2 Å². The second-order valence-corrected chi connectivity index (χ2v) is 3.24. The number of furan rings is 1. The summed E-state index contributed by atoms with van der Waals surface area (Å²) in [5, 5.41) is 19.2. The lowest BCUT2D eigenvalue weighted by Crippen LogP contribution is -2.03. The molecule has 0 unspecified atom stereocenters. The zero-order valence-corrected chi connectivity index (χ0v) is 8.44. The van der Waals surface area contributed by atoms with E-state index in [9.17, 15) is 14.9 Å². The van der Waals surface area contributed by atoms with Crippen LogP contribution in [-0.2, 0) is 6.54 Å². The number of imidazole rings is 1. The van der Waals surface area contributed by atoms with E-state index in [0.717, 1.165) is 0 Å². The zero-order chi connectivity index (χ0) is 12.4. The van der Waals surface area contributed by atoms with Crippen LogP contribution in [0.3, 0.4) is 0 Å². The normalized spacial score (nSPS) is 10.4. The molecule has 8 heteroatoms. The van der Waals surface area contributed by atoms with E-state index in [1.165, 1.54) is 29.4 Å². The van der Waals surface area contributed by atoms with E-state index >= 15 is 0 Å². The summed E-state index contributed by atoms with van der Waals surface area (Å²) in [7, 11) is 0. The largest absolute Gasteiger partial charge is 0.475 e. The van der Waals surface area contributed by atoms with Crippen LogP contribution >= 0.6 is 0 Å². The maximum Gasteiger partial charge on any atom is 0.381 e. The molecule has 0 fully saturated rings. The van der Waals surface area contributed by atoms with Gasteiger partial charge in [0.25, 0.3) is 0 Å². The first-order valence-electron chi connectivity index (χ1n) is 4.53. The van der Waals surface area contributed by atoms with Crippen LogP contribution in [0.2, 0.25) is 0 Å². The van der Waals surface area contributed by atoms with E-state index in [1.807, 2.05) is 0 Å². The van der Waals surface area contributed by atoms with E-state index in [0.29, 0.717) is 5.56 Å². The molecule has 2 aromatic heterocycles. The van der Waals surface area contributed by atoms with Gasteiger partial charge in [-0.15, -0.1) is 0 Å². The molecule has 0 bridgehead atoms. The van der Waals surface area contributed by atoms with Crippen LogP contribution in [0.15, 0.2) is 29.3 Å². The quantitative estimate of drug-likeness (QED) is 0.630. The molecule has 0 saturated heterocycles. The van der Waals surface area contributed by atoms with Crippen molar-refractivity contribution in [2.45, 2.75) is 6.54 Å². The predicted octanol–water partition coefficient (Wildman–Crippen LogP) is 1.13. The number of carbonyl (C=O) groups is 1. The van der Waals surface area contributed by atoms with E-state index in [1.54, 1.807) is 0 Å². The van der Waals surface area contributed by atoms with Crippen molar-refractivity contribution in [3.05, 3.63) is 46.3 Å². The summed E-state index contributed by atoms with van der Waals surface area (Å²) in [6, 6.07) is 1.50. The minimum Gasteiger partial charge on any atom is -0.475 e. The molecular formula is C9H7N3O5. The van der Waals surface area contributed by atoms with Gasteiger partial charge in [0.15, 0.2) is 0 Å². The maximum atomic E-state index is 10.8. The van der Waals surface area contributed by atoms with Crippen LogP contribution in [0.4, 0.5) is 5.82 Å². The van der Waals surface area contributed by atoms with Gasteiger partial charge in [-0.1, -0.05) is 0 Å². The molecule has 0 amide bonds. The summed E-state index contributed by atoms with van der Waals surface area (Å²) in [6.07, 6.45) is 3.74. The third kappa shape index (κ3) is 2.14. The van der Waals surface area contributed by atoms with Gasteiger partial charge in [0.2, 0.25) is 12.1 Å². The van der Waals surface area contributed by atoms with Crippen LogP contribution in [0, 0.1) is 10.1 Å². The molecule has 8 nitrogen and oxygen atoms in total. The van der Waals surface area contributed by atoms with Gasteiger partial charge >= 0.3 is 11.8 Å². The first-order chi connectivity index (χ1) is 8.08. The van der Waals surface area contributed by atoms with Gasteiger partial charge in [-0.2, -0.15) is 0 Å². The number of carboxylic acids is 1. The summed E-state index contributed by atoms with van der Waals surface area (Å²) in [4.78, 5) is 24.1. The number of hydrogen-bond donors (Lipinski definition) is 1. The summed E-state index contributed by atoms with van der Waals surface area (Å²) in [5.74, 6) is -1.65. The first kappa shape index (κ1) is 10.9. The molecule has 0 saturated carbocycles. The van der Waals surface area contributed by atoms with Crippen LogP contribution in [0.25, 0.3) is 0 Å². The minimum absolute atomic E-state index is 0.152.